The fourth-order valence-corrected chi connectivity index (χ4v) is 4.26. The Bertz CT molecular complexity index is 1300. The van der Waals surface area contributed by atoms with Crippen molar-refractivity contribution in [2.75, 3.05) is 5.32 Å². The number of hydrogen-bond donors (Lipinski definition) is 1. The van der Waals surface area contributed by atoms with Crippen molar-refractivity contribution in [1.29, 1.82) is 0 Å². The molecule has 0 radical (unpaired) electrons. The van der Waals surface area contributed by atoms with Crippen molar-refractivity contribution in [1.82, 2.24) is 25.0 Å². The van der Waals surface area contributed by atoms with Crippen LogP contribution in [0.25, 0.3) is 17.2 Å². The van der Waals surface area contributed by atoms with Gasteiger partial charge in [0.1, 0.15) is 11.6 Å². The maximum absolute atomic E-state index is 13.3. The smallest absolute Gasteiger partial charge is 0.272 e. The van der Waals surface area contributed by atoms with E-state index in [2.05, 4.69) is 41.5 Å². The predicted molar refractivity (Wildman–Crippen MR) is 116 cm³/mol. The molecule has 0 fully saturated rings. The third kappa shape index (κ3) is 3.61. The number of amides is 1. The second kappa shape index (κ2) is 7.66. The van der Waals surface area contributed by atoms with Gasteiger partial charge in [0.25, 0.3) is 5.95 Å². The number of hydrogen-bond acceptors (Lipinski definition) is 5. The first-order valence-electron chi connectivity index (χ1n) is 9.60. The largest absolute Gasteiger partial charge is 0.310 e. The summed E-state index contributed by atoms with van der Waals surface area (Å²) in [6, 6.07) is 13.9. The second-order valence-electron chi connectivity index (χ2n) is 7.27. The van der Waals surface area contributed by atoms with E-state index in [0.29, 0.717) is 23.5 Å². The molecule has 1 atom stereocenters. The minimum Gasteiger partial charge on any atom is -0.310 e. The van der Waals surface area contributed by atoms with Crippen LogP contribution in [0, 0.1) is 12.7 Å². The van der Waals surface area contributed by atoms with Gasteiger partial charge < -0.3 is 5.32 Å². The maximum atomic E-state index is 13.3. The molecule has 154 valence electrons. The molecule has 4 aromatic rings. The zero-order valence-electron chi connectivity index (χ0n) is 16.4. The maximum Gasteiger partial charge on any atom is 0.272 e. The Labute approximate surface area is 185 Å². The summed E-state index contributed by atoms with van der Waals surface area (Å²) in [7, 11) is 0. The van der Waals surface area contributed by atoms with Gasteiger partial charge in [0.05, 0.1) is 17.6 Å². The molecule has 9 heteroatoms. The van der Waals surface area contributed by atoms with Crippen LogP contribution in [0.5, 0.6) is 0 Å². The molecule has 1 N–H and O–H groups in total. The predicted octanol–water partition coefficient (Wildman–Crippen LogP) is 4.41. The number of halogens is 2. The highest BCUT2D eigenvalue weighted by Gasteiger charge is 2.33. The van der Waals surface area contributed by atoms with Gasteiger partial charge in [-0.25, -0.2) is 9.37 Å². The molecular weight excluding hydrogens is 463 g/mol. The van der Waals surface area contributed by atoms with Crippen LogP contribution < -0.4 is 5.32 Å². The fourth-order valence-electron chi connectivity index (χ4n) is 3.84. The van der Waals surface area contributed by atoms with Crippen LogP contribution in [-0.2, 0) is 4.79 Å². The summed E-state index contributed by atoms with van der Waals surface area (Å²) in [5, 5.41) is 15.7. The number of benzene rings is 2. The average molecular weight is 479 g/mol. The Hall–Kier alpha value is -3.46. The number of carbonyl (C=O) groups is 1. The standard InChI is InChI=1S/C22H16BrFN6O/c1-12-20-17(14-3-2-4-15(23)9-14)10-19(31)27-21(20)30(29-12)22-26-18(11-25-28-22)13-5-7-16(24)8-6-13/h2-9,11,17H,10H2,1H3,(H,27,31)/t17-/m1/s1. The lowest BCUT2D eigenvalue weighted by molar-refractivity contribution is -0.116. The van der Waals surface area contributed by atoms with Gasteiger partial charge in [-0.05, 0) is 48.9 Å². The average Bonchev–Trinajstić information content (AvgIpc) is 3.10. The first-order valence-corrected chi connectivity index (χ1v) is 10.4. The van der Waals surface area contributed by atoms with Crippen LogP contribution in [0.1, 0.15) is 29.2 Å². The summed E-state index contributed by atoms with van der Waals surface area (Å²) in [5.41, 5.74) is 3.94. The molecule has 2 aromatic carbocycles. The highest BCUT2D eigenvalue weighted by molar-refractivity contribution is 9.10. The van der Waals surface area contributed by atoms with Crippen LogP contribution in [0.15, 0.2) is 59.2 Å². The number of rotatable bonds is 3. The number of nitrogens with one attached hydrogen (secondary N) is 1. The third-order valence-electron chi connectivity index (χ3n) is 5.23. The molecule has 2 aromatic heterocycles. The van der Waals surface area contributed by atoms with E-state index in [1.807, 2.05) is 31.2 Å². The highest BCUT2D eigenvalue weighted by Crippen LogP contribution is 2.40. The summed E-state index contributed by atoms with van der Waals surface area (Å²) in [6.45, 7) is 1.90. The Morgan fingerprint density at radius 2 is 2.00 bits per heavy atom. The Kier molecular flexibility index (Phi) is 4.82. The molecule has 3 heterocycles. The first kappa shape index (κ1) is 19.5. The second-order valence-corrected chi connectivity index (χ2v) is 8.18. The molecule has 0 spiro atoms. The summed E-state index contributed by atoms with van der Waals surface area (Å²) in [6.07, 6.45) is 1.83. The van der Waals surface area contributed by atoms with Crippen LogP contribution >= 0.6 is 15.9 Å². The lowest BCUT2D eigenvalue weighted by Crippen LogP contribution is -2.25. The van der Waals surface area contributed by atoms with E-state index in [-0.39, 0.29) is 23.6 Å². The number of fused-ring (bicyclic) bond motifs is 1. The normalized spacial score (nSPS) is 15.5. The van der Waals surface area contributed by atoms with Gasteiger partial charge in [-0.3, -0.25) is 4.79 Å². The highest BCUT2D eigenvalue weighted by atomic mass is 79.9. The van der Waals surface area contributed by atoms with Crippen molar-refractivity contribution >= 4 is 27.7 Å². The lowest BCUT2D eigenvalue weighted by atomic mass is 9.86. The summed E-state index contributed by atoms with van der Waals surface area (Å²) < 4.78 is 15.7. The van der Waals surface area contributed by atoms with Gasteiger partial charge in [-0.15, -0.1) is 5.10 Å². The summed E-state index contributed by atoms with van der Waals surface area (Å²) in [5.74, 6) is 0.187. The minimum absolute atomic E-state index is 0.110. The number of anilines is 1. The van der Waals surface area contributed by atoms with Gasteiger partial charge >= 0.3 is 0 Å². The van der Waals surface area contributed by atoms with E-state index < -0.39 is 0 Å². The molecule has 5 rings (SSSR count). The fraction of sp³-hybridized carbons (Fsp3) is 0.136. The molecule has 1 aliphatic heterocycles. The van der Waals surface area contributed by atoms with Gasteiger partial charge in [-0.1, -0.05) is 28.1 Å². The van der Waals surface area contributed by atoms with Gasteiger partial charge in [0.15, 0.2) is 0 Å². The number of aryl methyl sites for hydroxylation is 1. The van der Waals surface area contributed by atoms with Crippen molar-refractivity contribution < 1.29 is 9.18 Å². The molecular formula is C22H16BrFN6O. The van der Waals surface area contributed by atoms with Gasteiger partial charge in [0, 0.05) is 27.9 Å². The van der Waals surface area contributed by atoms with Gasteiger partial charge in [-0.2, -0.15) is 14.9 Å². The van der Waals surface area contributed by atoms with Crippen LogP contribution in [0.2, 0.25) is 0 Å². The van der Waals surface area contributed by atoms with E-state index in [1.54, 1.807) is 12.1 Å². The quantitative estimate of drug-likeness (QED) is 0.471. The molecule has 0 saturated carbocycles. The molecule has 0 saturated heterocycles. The number of aromatic nitrogens is 5. The third-order valence-corrected chi connectivity index (χ3v) is 5.72. The summed E-state index contributed by atoms with van der Waals surface area (Å²) in [4.78, 5) is 17.1. The zero-order chi connectivity index (χ0) is 21.5. The Morgan fingerprint density at radius 3 is 2.77 bits per heavy atom. The zero-order valence-corrected chi connectivity index (χ0v) is 18.0. The van der Waals surface area contributed by atoms with Crippen molar-refractivity contribution in [2.24, 2.45) is 0 Å². The van der Waals surface area contributed by atoms with Crippen molar-refractivity contribution in [3.63, 3.8) is 0 Å². The lowest BCUT2D eigenvalue weighted by Gasteiger charge is -2.24. The van der Waals surface area contributed by atoms with Crippen LogP contribution in [-0.4, -0.2) is 30.9 Å². The number of nitrogens with zero attached hydrogens (tertiary/aromatic N) is 5. The molecule has 1 amide bonds. The van der Waals surface area contributed by atoms with E-state index in [1.165, 1.54) is 23.0 Å². The molecule has 1 aliphatic rings. The van der Waals surface area contributed by atoms with E-state index in [4.69, 9.17) is 0 Å². The van der Waals surface area contributed by atoms with Crippen LogP contribution in [0.4, 0.5) is 10.2 Å². The van der Waals surface area contributed by atoms with E-state index in [9.17, 15) is 9.18 Å². The SMILES string of the molecule is Cc1nn(-c2nncc(-c3ccc(F)cc3)n2)c2c1[C@@H](c1cccc(Br)c1)CC(=O)N2. The first-order chi connectivity index (χ1) is 15.0. The molecule has 0 unspecified atom stereocenters. The molecule has 0 aliphatic carbocycles. The van der Waals surface area contributed by atoms with Crippen molar-refractivity contribution in [3.05, 3.63) is 81.8 Å². The summed E-state index contributed by atoms with van der Waals surface area (Å²) >= 11 is 3.51. The van der Waals surface area contributed by atoms with E-state index >= 15 is 0 Å². The molecule has 31 heavy (non-hydrogen) atoms. The van der Waals surface area contributed by atoms with Gasteiger partial charge in [0.2, 0.25) is 5.91 Å². The topological polar surface area (TPSA) is 85.6 Å². The van der Waals surface area contributed by atoms with E-state index in [0.717, 1.165) is 21.3 Å². The number of carbonyl (C=O) groups excluding carboxylic acids is 1. The Morgan fingerprint density at radius 1 is 1.19 bits per heavy atom. The van der Waals surface area contributed by atoms with Crippen LogP contribution in [0.3, 0.4) is 0 Å². The molecule has 7 nitrogen and oxygen atoms in total. The monoisotopic (exact) mass is 478 g/mol. The Balaban J connectivity index is 1.61. The van der Waals surface area contributed by atoms with Crippen molar-refractivity contribution in [2.45, 2.75) is 19.3 Å². The molecule has 0 bridgehead atoms. The minimum atomic E-state index is -0.330. The van der Waals surface area contributed by atoms with Crippen molar-refractivity contribution in [3.8, 4) is 17.2 Å².